The molecule has 0 saturated heterocycles. The molecule has 3 N–H and O–H groups in total. The van der Waals surface area contributed by atoms with Gasteiger partial charge in [-0.15, -0.1) is 0 Å². The predicted molar refractivity (Wildman–Crippen MR) is 71.3 cm³/mol. The van der Waals surface area contributed by atoms with E-state index in [2.05, 4.69) is 5.32 Å². The van der Waals surface area contributed by atoms with Crippen LogP contribution in [0, 0.1) is 5.41 Å². The van der Waals surface area contributed by atoms with Gasteiger partial charge in [-0.05, 0) is 5.41 Å². The van der Waals surface area contributed by atoms with Crippen LogP contribution < -0.4 is 5.32 Å². The molecule has 7 heteroatoms. The van der Waals surface area contributed by atoms with Crippen molar-refractivity contribution >= 4 is 17.8 Å². The fourth-order valence-corrected chi connectivity index (χ4v) is 1.29. The number of amides is 1. The van der Waals surface area contributed by atoms with E-state index in [1.165, 1.54) is 0 Å². The number of carbonyl (C=O) groups is 3. The first-order valence-corrected chi connectivity index (χ1v) is 6.17. The van der Waals surface area contributed by atoms with Gasteiger partial charge in [0.15, 0.2) is 0 Å². The van der Waals surface area contributed by atoms with Crippen LogP contribution in [0.4, 0.5) is 0 Å². The Morgan fingerprint density at radius 2 is 1.75 bits per heavy atom. The molecule has 0 atom stereocenters. The predicted octanol–water partition coefficient (Wildman–Crippen LogP) is 0.651. The average Bonchev–Trinajstić information content (AvgIpc) is 2.28. The van der Waals surface area contributed by atoms with Gasteiger partial charge < -0.3 is 20.3 Å². The van der Waals surface area contributed by atoms with Crippen LogP contribution in [0.15, 0.2) is 11.6 Å². The molecule has 0 spiro atoms. The number of hydrogen-bond donors (Lipinski definition) is 3. The number of carboxylic acids is 2. The van der Waals surface area contributed by atoms with Crippen LogP contribution in [0.3, 0.4) is 0 Å². The minimum Gasteiger partial charge on any atom is -0.481 e. The highest BCUT2D eigenvalue weighted by molar-refractivity contribution is 5.98. The van der Waals surface area contributed by atoms with E-state index >= 15 is 0 Å². The molecular formula is C13H21NO6. The largest absolute Gasteiger partial charge is 0.481 e. The first-order chi connectivity index (χ1) is 9.14. The Bertz CT molecular complexity index is 394. The normalized spacial score (nSPS) is 12.1. The van der Waals surface area contributed by atoms with E-state index in [0.717, 1.165) is 6.08 Å². The lowest BCUT2D eigenvalue weighted by atomic mass is 9.86. The first kappa shape index (κ1) is 18.1. The molecule has 0 aliphatic carbocycles. The molecule has 7 nitrogen and oxygen atoms in total. The lowest BCUT2D eigenvalue weighted by molar-refractivity contribution is -0.138. The second-order valence-corrected chi connectivity index (χ2v) is 5.16. The van der Waals surface area contributed by atoms with Gasteiger partial charge in [-0.1, -0.05) is 20.8 Å². The van der Waals surface area contributed by atoms with Crippen molar-refractivity contribution in [3.05, 3.63) is 11.6 Å². The van der Waals surface area contributed by atoms with Gasteiger partial charge in [0.05, 0.1) is 19.6 Å². The highest BCUT2D eigenvalue weighted by atomic mass is 16.5. The topological polar surface area (TPSA) is 113 Å². The van der Waals surface area contributed by atoms with Gasteiger partial charge >= 0.3 is 11.9 Å². The van der Waals surface area contributed by atoms with Crippen LogP contribution in [0.5, 0.6) is 0 Å². The van der Waals surface area contributed by atoms with Gasteiger partial charge in [-0.25, -0.2) is 4.79 Å². The summed E-state index contributed by atoms with van der Waals surface area (Å²) in [5, 5.41) is 19.9. The maximum absolute atomic E-state index is 11.5. The van der Waals surface area contributed by atoms with Gasteiger partial charge in [0.1, 0.15) is 0 Å². The lowest BCUT2D eigenvalue weighted by Crippen LogP contribution is -2.28. The van der Waals surface area contributed by atoms with Crippen molar-refractivity contribution in [1.82, 2.24) is 5.32 Å². The number of ether oxygens (including phenoxy) is 1. The van der Waals surface area contributed by atoms with E-state index < -0.39 is 23.3 Å². The molecule has 0 aromatic carbocycles. The van der Waals surface area contributed by atoms with Crippen LogP contribution in [-0.4, -0.2) is 47.8 Å². The Kier molecular flexibility index (Phi) is 7.53. The van der Waals surface area contributed by atoms with Gasteiger partial charge in [0, 0.05) is 18.2 Å². The van der Waals surface area contributed by atoms with Crippen LogP contribution in [0.25, 0.3) is 0 Å². The molecule has 0 fully saturated rings. The number of hydrogen-bond acceptors (Lipinski definition) is 4. The van der Waals surface area contributed by atoms with Crippen molar-refractivity contribution in [1.29, 1.82) is 0 Å². The molecule has 0 aromatic rings. The standard InChI is InChI=1S/C13H21NO6/c1-13(2,3)9(12(18)19)8-10(15)14-5-7-20-6-4-11(16)17/h8H,4-7H2,1-3H3,(H,14,15)(H,16,17)(H,18,19)/b9-8+. The van der Waals surface area contributed by atoms with E-state index in [0.29, 0.717) is 0 Å². The number of aliphatic carboxylic acids is 2. The SMILES string of the molecule is CC(C)(C)/C(=C/C(=O)NCCOCCC(=O)O)C(=O)O. The minimum atomic E-state index is -1.13. The first-order valence-electron chi connectivity index (χ1n) is 6.17. The van der Waals surface area contributed by atoms with Crippen molar-refractivity contribution < 1.29 is 29.3 Å². The smallest absolute Gasteiger partial charge is 0.332 e. The number of nitrogens with one attached hydrogen (secondary N) is 1. The average molecular weight is 287 g/mol. The highest BCUT2D eigenvalue weighted by Crippen LogP contribution is 2.24. The third-order valence-corrected chi connectivity index (χ3v) is 2.32. The molecule has 0 radical (unpaired) electrons. The Morgan fingerprint density at radius 1 is 1.15 bits per heavy atom. The second-order valence-electron chi connectivity index (χ2n) is 5.16. The van der Waals surface area contributed by atoms with E-state index in [1.807, 2.05) is 0 Å². The van der Waals surface area contributed by atoms with Crippen LogP contribution in [0.1, 0.15) is 27.2 Å². The lowest BCUT2D eigenvalue weighted by Gasteiger charge is -2.19. The van der Waals surface area contributed by atoms with Crippen LogP contribution in [0.2, 0.25) is 0 Å². The number of carbonyl (C=O) groups excluding carboxylic acids is 1. The number of rotatable bonds is 8. The molecule has 114 valence electrons. The second kappa shape index (κ2) is 8.31. The van der Waals surface area contributed by atoms with E-state index in [9.17, 15) is 14.4 Å². The Labute approximate surface area is 117 Å². The van der Waals surface area contributed by atoms with Gasteiger partial charge in [0.25, 0.3) is 0 Å². The van der Waals surface area contributed by atoms with Crippen molar-refractivity contribution in [2.75, 3.05) is 19.8 Å². The van der Waals surface area contributed by atoms with Gasteiger partial charge in [-0.3, -0.25) is 9.59 Å². The quantitative estimate of drug-likeness (QED) is 0.446. The zero-order chi connectivity index (χ0) is 15.8. The summed E-state index contributed by atoms with van der Waals surface area (Å²) in [6, 6.07) is 0. The van der Waals surface area contributed by atoms with Crippen LogP contribution >= 0.6 is 0 Å². The molecule has 0 aromatic heterocycles. The molecule has 0 bridgehead atoms. The summed E-state index contributed by atoms with van der Waals surface area (Å²) in [5.41, 5.74) is -0.622. The fraction of sp³-hybridized carbons (Fsp3) is 0.615. The van der Waals surface area contributed by atoms with E-state index in [-0.39, 0.29) is 31.8 Å². The number of carboxylic acid groups (broad SMARTS) is 2. The highest BCUT2D eigenvalue weighted by Gasteiger charge is 2.24. The Hall–Kier alpha value is -1.89. The van der Waals surface area contributed by atoms with Gasteiger partial charge in [0.2, 0.25) is 5.91 Å². The van der Waals surface area contributed by atoms with Crippen LogP contribution in [-0.2, 0) is 19.1 Å². The summed E-state index contributed by atoms with van der Waals surface area (Å²) >= 11 is 0. The minimum absolute atomic E-state index is 0.0156. The Balaban J connectivity index is 4.15. The summed E-state index contributed by atoms with van der Waals surface area (Å²) in [4.78, 5) is 32.8. The third kappa shape index (κ3) is 8.25. The molecule has 0 saturated carbocycles. The molecule has 0 aliphatic rings. The summed E-state index contributed by atoms with van der Waals surface area (Å²) in [5.74, 6) is -2.60. The van der Waals surface area contributed by atoms with Crippen molar-refractivity contribution in [3.8, 4) is 0 Å². The maximum Gasteiger partial charge on any atom is 0.332 e. The summed E-state index contributed by atoms with van der Waals surface area (Å²) < 4.78 is 4.98. The Morgan fingerprint density at radius 3 is 2.20 bits per heavy atom. The molecule has 0 unspecified atom stereocenters. The molecule has 0 rings (SSSR count). The molecule has 0 heterocycles. The van der Waals surface area contributed by atoms with Crippen molar-refractivity contribution in [2.45, 2.75) is 27.2 Å². The molecule has 20 heavy (non-hydrogen) atoms. The van der Waals surface area contributed by atoms with Crippen molar-refractivity contribution in [2.24, 2.45) is 5.41 Å². The third-order valence-electron chi connectivity index (χ3n) is 2.32. The molecule has 0 aliphatic heterocycles. The summed E-state index contributed by atoms with van der Waals surface area (Å²) in [7, 11) is 0. The monoisotopic (exact) mass is 287 g/mol. The summed E-state index contributed by atoms with van der Waals surface area (Å²) in [6.45, 7) is 5.54. The maximum atomic E-state index is 11.5. The fourth-order valence-electron chi connectivity index (χ4n) is 1.29. The van der Waals surface area contributed by atoms with E-state index in [4.69, 9.17) is 14.9 Å². The van der Waals surface area contributed by atoms with Gasteiger partial charge in [-0.2, -0.15) is 0 Å². The zero-order valence-electron chi connectivity index (χ0n) is 11.9. The zero-order valence-corrected chi connectivity index (χ0v) is 11.9. The van der Waals surface area contributed by atoms with Crippen molar-refractivity contribution in [3.63, 3.8) is 0 Å². The van der Waals surface area contributed by atoms with E-state index in [1.54, 1.807) is 20.8 Å². The molecule has 1 amide bonds. The molecular weight excluding hydrogens is 266 g/mol. The summed E-state index contributed by atoms with van der Waals surface area (Å²) in [6.07, 6.45) is 0.959.